The number of nitrogens with two attached hydrogens (primary N) is 1. The van der Waals surface area contributed by atoms with E-state index in [0.717, 1.165) is 10.5 Å². The summed E-state index contributed by atoms with van der Waals surface area (Å²) in [6.07, 6.45) is 0. The quantitative estimate of drug-likeness (QED) is 0.780. The van der Waals surface area contributed by atoms with Gasteiger partial charge in [-0.3, -0.25) is 0 Å². The highest BCUT2D eigenvalue weighted by Gasteiger charge is 2.36. The van der Waals surface area contributed by atoms with Crippen LogP contribution >= 0.6 is 11.8 Å². The highest BCUT2D eigenvalue weighted by atomic mass is 32.2. The maximum absolute atomic E-state index is 6.39. The van der Waals surface area contributed by atoms with E-state index in [1.807, 2.05) is 0 Å². The second-order valence-corrected chi connectivity index (χ2v) is 9.07. The van der Waals surface area contributed by atoms with Gasteiger partial charge in [0, 0.05) is 15.7 Å². The Morgan fingerprint density at radius 3 is 2.23 bits per heavy atom. The Balaban J connectivity index is 2.65. The zero-order valence-electron chi connectivity index (χ0n) is 14.8. The summed E-state index contributed by atoms with van der Waals surface area (Å²) in [6.45, 7) is 15.3. The van der Waals surface area contributed by atoms with E-state index in [0.29, 0.717) is 5.92 Å². The molecule has 0 spiro atoms. The van der Waals surface area contributed by atoms with Crippen molar-refractivity contribution in [1.29, 1.82) is 0 Å². The molecule has 2 aromatic rings. The van der Waals surface area contributed by atoms with Gasteiger partial charge >= 0.3 is 0 Å². The van der Waals surface area contributed by atoms with Crippen LogP contribution in [0, 0.1) is 6.92 Å². The monoisotopic (exact) mass is 316 g/mol. The molecule has 2 rings (SSSR count). The molecule has 0 saturated carbocycles. The number of thioether (sulfide) groups is 1. The largest absolute Gasteiger partial charge is 0.324 e. The SMILES string of the molecule is Cc1c(C(C)C)c(SC(C)(C)C(C)(C)N)nc2ccccc12. The third kappa shape index (κ3) is 3.16. The van der Waals surface area contributed by atoms with E-state index in [-0.39, 0.29) is 10.3 Å². The van der Waals surface area contributed by atoms with Gasteiger partial charge in [-0.1, -0.05) is 43.8 Å². The van der Waals surface area contributed by atoms with Crippen molar-refractivity contribution in [2.24, 2.45) is 5.73 Å². The van der Waals surface area contributed by atoms with Crippen molar-refractivity contribution in [3.63, 3.8) is 0 Å². The van der Waals surface area contributed by atoms with E-state index in [4.69, 9.17) is 10.7 Å². The Hall–Kier alpha value is -1.06. The van der Waals surface area contributed by atoms with Gasteiger partial charge in [-0.15, -0.1) is 0 Å². The van der Waals surface area contributed by atoms with Crippen LogP contribution in [0.15, 0.2) is 29.3 Å². The molecule has 0 fully saturated rings. The number of rotatable bonds is 4. The Morgan fingerprint density at radius 2 is 1.68 bits per heavy atom. The van der Waals surface area contributed by atoms with Crippen LogP contribution < -0.4 is 5.73 Å². The minimum atomic E-state index is -0.285. The van der Waals surface area contributed by atoms with Crippen molar-refractivity contribution in [3.05, 3.63) is 35.4 Å². The molecule has 1 heterocycles. The fraction of sp³-hybridized carbons (Fsp3) is 0.526. The second-order valence-electron chi connectivity index (χ2n) is 7.46. The molecule has 22 heavy (non-hydrogen) atoms. The fourth-order valence-electron chi connectivity index (χ4n) is 2.49. The van der Waals surface area contributed by atoms with E-state index in [2.05, 4.69) is 72.7 Å². The molecule has 0 aliphatic carbocycles. The second kappa shape index (κ2) is 5.86. The zero-order valence-corrected chi connectivity index (χ0v) is 15.6. The maximum Gasteiger partial charge on any atom is 0.101 e. The van der Waals surface area contributed by atoms with Crippen molar-refractivity contribution in [3.8, 4) is 0 Å². The molecule has 0 unspecified atom stereocenters. The molecule has 2 nitrogen and oxygen atoms in total. The van der Waals surface area contributed by atoms with Gasteiger partial charge in [0.15, 0.2) is 0 Å². The highest BCUT2D eigenvalue weighted by molar-refractivity contribution is 8.00. The van der Waals surface area contributed by atoms with Crippen LogP contribution in [-0.2, 0) is 0 Å². The third-order valence-corrected chi connectivity index (χ3v) is 6.19. The van der Waals surface area contributed by atoms with Crippen LogP contribution in [0.3, 0.4) is 0 Å². The van der Waals surface area contributed by atoms with Gasteiger partial charge in [-0.25, -0.2) is 4.98 Å². The van der Waals surface area contributed by atoms with Crippen LogP contribution in [0.2, 0.25) is 0 Å². The van der Waals surface area contributed by atoms with Crippen molar-refractivity contribution >= 4 is 22.7 Å². The molecule has 0 radical (unpaired) electrons. The van der Waals surface area contributed by atoms with Crippen molar-refractivity contribution in [2.45, 2.75) is 69.7 Å². The van der Waals surface area contributed by atoms with Gasteiger partial charge in [0.25, 0.3) is 0 Å². The minimum absolute atomic E-state index is 0.0987. The minimum Gasteiger partial charge on any atom is -0.324 e. The Kier molecular flexibility index (Phi) is 4.61. The van der Waals surface area contributed by atoms with Gasteiger partial charge < -0.3 is 5.73 Å². The number of hydrogen-bond acceptors (Lipinski definition) is 3. The molecule has 1 aromatic heterocycles. The summed E-state index contributed by atoms with van der Waals surface area (Å²) in [4.78, 5) is 4.96. The van der Waals surface area contributed by atoms with E-state index in [9.17, 15) is 0 Å². The van der Waals surface area contributed by atoms with Crippen LogP contribution in [0.5, 0.6) is 0 Å². The van der Waals surface area contributed by atoms with Crippen molar-refractivity contribution < 1.29 is 0 Å². The normalized spacial score (nSPS) is 13.1. The summed E-state index contributed by atoms with van der Waals surface area (Å²) in [5.41, 5.74) is 9.86. The lowest BCUT2D eigenvalue weighted by atomic mass is 9.91. The predicted molar refractivity (Wildman–Crippen MR) is 98.8 cm³/mol. The Labute approximate surface area is 138 Å². The zero-order chi connectivity index (χ0) is 16.7. The number of fused-ring (bicyclic) bond motifs is 1. The molecule has 0 atom stereocenters. The Bertz CT molecular complexity index is 682. The van der Waals surface area contributed by atoms with Gasteiger partial charge in [-0.2, -0.15) is 0 Å². The lowest BCUT2D eigenvalue weighted by molar-refractivity contribution is 0.411. The lowest BCUT2D eigenvalue weighted by Crippen LogP contribution is -2.50. The summed E-state index contributed by atoms with van der Waals surface area (Å²) < 4.78 is -0.0987. The summed E-state index contributed by atoms with van der Waals surface area (Å²) in [5.74, 6) is 0.441. The molecular formula is C19H28N2S. The van der Waals surface area contributed by atoms with E-state index >= 15 is 0 Å². The molecular weight excluding hydrogens is 288 g/mol. The first kappa shape index (κ1) is 17.3. The topological polar surface area (TPSA) is 38.9 Å². The van der Waals surface area contributed by atoms with Crippen molar-refractivity contribution in [2.75, 3.05) is 0 Å². The molecule has 0 amide bonds. The summed E-state index contributed by atoms with van der Waals surface area (Å²) >= 11 is 1.80. The fourth-order valence-corrected chi connectivity index (χ4v) is 3.88. The summed E-state index contributed by atoms with van der Waals surface area (Å²) in [6, 6.07) is 8.39. The standard InChI is InChI=1S/C19H28N2S/c1-12(2)16-13(3)14-10-8-9-11-15(14)21-17(16)22-19(6,7)18(4,5)20/h8-12H,20H2,1-7H3. The van der Waals surface area contributed by atoms with Crippen molar-refractivity contribution in [1.82, 2.24) is 4.98 Å². The molecule has 0 bridgehead atoms. The molecule has 3 heteroatoms. The van der Waals surface area contributed by atoms with E-state index in [1.54, 1.807) is 11.8 Å². The number of benzene rings is 1. The van der Waals surface area contributed by atoms with Gasteiger partial charge in [0.05, 0.1) is 5.52 Å². The highest BCUT2D eigenvalue weighted by Crippen LogP contribution is 2.43. The third-order valence-electron chi connectivity index (χ3n) is 4.65. The Morgan fingerprint density at radius 1 is 1.09 bits per heavy atom. The molecule has 0 aliphatic rings. The average Bonchev–Trinajstić information content (AvgIpc) is 2.36. The predicted octanol–water partition coefficient (Wildman–Crippen LogP) is 5.27. The number of hydrogen-bond donors (Lipinski definition) is 1. The van der Waals surface area contributed by atoms with E-state index in [1.165, 1.54) is 16.5 Å². The van der Waals surface area contributed by atoms with Crippen LogP contribution in [0.1, 0.15) is 58.6 Å². The molecule has 0 aliphatic heterocycles. The van der Waals surface area contributed by atoms with E-state index < -0.39 is 0 Å². The first-order valence-electron chi connectivity index (χ1n) is 7.91. The number of aromatic nitrogens is 1. The lowest BCUT2D eigenvalue weighted by Gasteiger charge is -2.38. The molecule has 0 saturated heterocycles. The number of aryl methyl sites for hydroxylation is 1. The first-order valence-corrected chi connectivity index (χ1v) is 8.73. The van der Waals surface area contributed by atoms with Crippen LogP contribution in [0.4, 0.5) is 0 Å². The van der Waals surface area contributed by atoms with Gasteiger partial charge in [-0.05, 0) is 57.7 Å². The van der Waals surface area contributed by atoms with Crippen LogP contribution in [0.25, 0.3) is 10.9 Å². The number of para-hydroxylation sites is 1. The van der Waals surface area contributed by atoms with Gasteiger partial charge in [0.2, 0.25) is 0 Å². The number of pyridine rings is 1. The summed E-state index contributed by atoms with van der Waals surface area (Å²) in [5, 5.41) is 2.37. The number of nitrogens with zero attached hydrogens (tertiary/aromatic N) is 1. The smallest absolute Gasteiger partial charge is 0.101 e. The molecule has 1 aromatic carbocycles. The molecule has 2 N–H and O–H groups in total. The van der Waals surface area contributed by atoms with Gasteiger partial charge in [0.1, 0.15) is 5.03 Å². The van der Waals surface area contributed by atoms with Crippen LogP contribution in [-0.4, -0.2) is 15.3 Å². The maximum atomic E-state index is 6.39. The summed E-state index contributed by atoms with van der Waals surface area (Å²) in [7, 11) is 0. The average molecular weight is 317 g/mol. The molecule has 120 valence electrons. The first-order chi connectivity index (χ1) is 10.0.